The summed E-state index contributed by atoms with van der Waals surface area (Å²) >= 11 is 0. The molecule has 0 aromatic carbocycles. The van der Waals surface area contributed by atoms with Crippen LogP contribution in [0.15, 0.2) is 12.7 Å². The van der Waals surface area contributed by atoms with Gasteiger partial charge in [0.25, 0.3) is 0 Å². The van der Waals surface area contributed by atoms with E-state index >= 15 is 0 Å². The van der Waals surface area contributed by atoms with E-state index in [1.807, 2.05) is 0 Å². The van der Waals surface area contributed by atoms with Crippen molar-refractivity contribution in [2.24, 2.45) is 5.41 Å². The van der Waals surface area contributed by atoms with Crippen molar-refractivity contribution < 1.29 is 24.2 Å². The van der Waals surface area contributed by atoms with Crippen molar-refractivity contribution in [2.75, 3.05) is 26.8 Å². The summed E-state index contributed by atoms with van der Waals surface area (Å²) in [5.41, 5.74) is -0.716. The zero-order valence-electron chi connectivity index (χ0n) is 12.8. The first-order valence-electron chi connectivity index (χ1n) is 6.62. The molecule has 7 nitrogen and oxygen atoms in total. The molecule has 2 N–H and O–H groups in total. The van der Waals surface area contributed by atoms with Gasteiger partial charge in [0, 0.05) is 26.6 Å². The molecule has 0 aliphatic heterocycles. The fourth-order valence-electron chi connectivity index (χ4n) is 1.78. The lowest BCUT2D eigenvalue weighted by Gasteiger charge is -2.24. The van der Waals surface area contributed by atoms with E-state index in [-0.39, 0.29) is 12.8 Å². The smallest absolute Gasteiger partial charge is 0.324 e. The Labute approximate surface area is 124 Å². The first-order chi connectivity index (χ1) is 9.71. The summed E-state index contributed by atoms with van der Waals surface area (Å²) < 4.78 is 4.89. The Kier molecular flexibility index (Phi) is 8.30. The van der Waals surface area contributed by atoms with Gasteiger partial charge in [0.1, 0.15) is 0 Å². The number of hydrogen-bond acceptors (Lipinski definition) is 4. The van der Waals surface area contributed by atoms with Gasteiger partial charge in [0.05, 0.1) is 13.0 Å². The number of rotatable bonds is 9. The molecule has 0 bridgehead atoms. The van der Waals surface area contributed by atoms with Crippen LogP contribution in [-0.4, -0.2) is 54.7 Å². The van der Waals surface area contributed by atoms with Crippen molar-refractivity contribution in [3.63, 3.8) is 0 Å². The molecule has 3 amide bonds. The standard InChI is InChI=1S/C14H24N2O5/c1-5-6-16(7-8-21-4)13(20)15-11(17)9-14(2,3)10-12(18)19/h5H,1,6-10H2,2-4H3,(H,18,19)(H,15,17,20). The molecule has 0 saturated heterocycles. The molecule has 0 spiro atoms. The van der Waals surface area contributed by atoms with Crippen LogP contribution >= 0.6 is 0 Å². The normalized spacial score (nSPS) is 10.8. The molecule has 0 unspecified atom stereocenters. The van der Waals surface area contributed by atoms with Crippen molar-refractivity contribution in [3.05, 3.63) is 12.7 Å². The second kappa shape index (κ2) is 9.12. The molecule has 0 radical (unpaired) electrons. The Bertz CT molecular complexity index is 393. The second-order valence-electron chi connectivity index (χ2n) is 5.49. The van der Waals surface area contributed by atoms with Crippen LogP contribution in [0.5, 0.6) is 0 Å². The van der Waals surface area contributed by atoms with E-state index in [9.17, 15) is 14.4 Å². The monoisotopic (exact) mass is 300 g/mol. The highest BCUT2D eigenvalue weighted by Crippen LogP contribution is 2.24. The van der Waals surface area contributed by atoms with E-state index < -0.39 is 23.3 Å². The van der Waals surface area contributed by atoms with Gasteiger partial charge in [-0.3, -0.25) is 14.9 Å². The molecule has 0 aliphatic rings. The molecule has 0 heterocycles. The number of amides is 3. The summed E-state index contributed by atoms with van der Waals surface area (Å²) in [7, 11) is 1.52. The number of imide groups is 1. The number of nitrogens with zero attached hydrogens (tertiary/aromatic N) is 1. The third kappa shape index (κ3) is 8.80. The van der Waals surface area contributed by atoms with Crippen LogP contribution in [0.3, 0.4) is 0 Å². The average Bonchev–Trinajstić information content (AvgIpc) is 2.31. The predicted octanol–water partition coefficient (Wildman–Crippen LogP) is 1.25. The highest BCUT2D eigenvalue weighted by Gasteiger charge is 2.26. The van der Waals surface area contributed by atoms with E-state index in [0.29, 0.717) is 19.7 Å². The van der Waals surface area contributed by atoms with Gasteiger partial charge in [-0.1, -0.05) is 19.9 Å². The molecule has 0 aliphatic carbocycles. The molecular weight excluding hydrogens is 276 g/mol. The van der Waals surface area contributed by atoms with E-state index in [0.717, 1.165) is 0 Å². The van der Waals surface area contributed by atoms with Crippen molar-refractivity contribution in [1.82, 2.24) is 10.2 Å². The van der Waals surface area contributed by atoms with Gasteiger partial charge in [0.15, 0.2) is 0 Å². The largest absolute Gasteiger partial charge is 0.481 e. The van der Waals surface area contributed by atoms with Crippen LogP contribution in [0.1, 0.15) is 26.7 Å². The number of hydrogen-bond donors (Lipinski definition) is 2. The number of carboxylic acids is 1. The summed E-state index contributed by atoms with van der Waals surface area (Å²) in [5, 5.41) is 11.0. The van der Waals surface area contributed by atoms with Gasteiger partial charge in [0.2, 0.25) is 5.91 Å². The molecule has 0 rings (SSSR count). The summed E-state index contributed by atoms with van der Waals surface area (Å²) in [5.74, 6) is -1.48. The lowest BCUT2D eigenvalue weighted by molar-refractivity contribution is -0.139. The van der Waals surface area contributed by atoms with Gasteiger partial charge < -0.3 is 14.7 Å². The zero-order chi connectivity index (χ0) is 16.5. The van der Waals surface area contributed by atoms with E-state index in [1.165, 1.54) is 12.0 Å². The van der Waals surface area contributed by atoms with E-state index in [1.54, 1.807) is 19.9 Å². The SMILES string of the molecule is C=CCN(CCOC)C(=O)NC(=O)CC(C)(C)CC(=O)O. The summed E-state index contributed by atoms with van der Waals surface area (Å²) in [6.45, 7) is 7.85. The molecule has 0 aromatic rings. The number of urea groups is 1. The van der Waals surface area contributed by atoms with E-state index in [2.05, 4.69) is 11.9 Å². The van der Waals surface area contributed by atoms with Crippen molar-refractivity contribution in [1.29, 1.82) is 0 Å². The fourth-order valence-corrected chi connectivity index (χ4v) is 1.78. The van der Waals surface area contributed by atoms with Crippen molar-refractivity contribution in [2.45, 2.75) is 26.7 Å². The molecule has 0 fully saturated rings. The Morgan fingerprint density at radius 3 is 2.43 bits per heavy atom. The highest BCUT2D eigenvalue weighted by molar-refractivity contribution is 5.94. The summed E-state index contributed by atoms with van der Waals surface area (Å²) in [6.07, 6.45) is 1.36. The quantitative estimate of drug-likeness (QED) is 0.625. The number of aliphatic carboxylic acids is 1. The van der Waals surface area contributed by atoms with E-state index in [4.69, 9.17) is 9.84 Å². The van der Waals surface area contributed by atoms with Crippen LogP contribution in [0.2, 0.25) is 0 Å². The highest BCUT2D eigenvalue weighted by atomic mass is 16.5. The maximum absolute atomic E-state index is 11.9. The maximum Gasteiger partial charge on any atom is 0.324 e. The molecule has 0 atom stereocenters. The van der Waals surface area contributed by atoms with Gasteiger partial charge in [-0.25, -0.2) is 4.79 Å². The summed E-state index contributed by atoms with van der Waals surface area (Å²) in [4.78, 5) is 35.8. The molecule has 0 saturated carbocycles. The topological polar surface area (TPSA) is 95.9 Å². The van der Waals surface area contributed by atoms with Crippen molar-refractivity contribution in [3.8, 4) is 0 Å². The minimum atomic E-state index is -0.979. The van der Waals surface area contributed by atoms with Crippen LogP contribution < -0.4 is 5.32 Å². The van der Waals surface area contributed by atoms with Crippen LogP contribution in [0.25, 0.3) is 0 Å². The van der Waals surface area contributed by atoms with Gasteiger partial charge in [-0.15, -0.1) is 6.58 Å². The minimum absolute atomic E-state index is 0.0444. The molecule has 21 heavy (non-hydrogen) atoms. The number of ether oxygens (including phenoxy) is 1. The Balaban J connectivity index is 4.49. The molecular formula is C14H24N2O5. The van der Waals surface area contributed by atoms with Crippen molar-refractivity contribution >= 4 is 17.9 Å². The summed E-state index contributed by atoms with van der Waals surface area (Å²) in [6, 6.07) is -0.539. The third-order valence-electron chi connectivity index (χ3n) is 2.72. The number of carboxylic acid groups (broad SMARTS) is 1. The number of carbonyl (C=O) groups excluding carboxylic acids is 2. The fraction of sp³-hybridized carbons (Fsp3) is 0.643. The predicted molar refractivity (Wildman–Crippen MR) is 77.8 cm³/mol. The Morgan fingerprint density at radius 1 is 1.33 bits per heavy atom. The first-order valence-corrected chi connectivity index (χ1v) is 6.62. The number of nitrogens with one attached hydrogen (secondary N) is 1. The first kappa shape index (κ1) is 19.1. The Hall–Kier alpha value is -1.89. The van der Waals surface area contributed by atoms with Gasteiger partial charge >= 0.3 is 12.0 Å². The molecule has 0 aromatic heterocycles. The van der Waals surface area contributed by atoms with Gasteiger partial charge in [-0.2, -0.15) is 0 Å². The maximum atomic E-state index is 11.9. The number of carbonyl (C=O) groups is 3. The average molecular weight is 300 g/mol. The van der Waals surface area contributed by atoms with Crippen LogP contribution in [0.4, 0.5) is 4.79 Å². The van der Waals surface area contributed by atoms with Gasteiger partial charge in [-0.05, 0) is 5.41 Å². The second-order valence-corrected chi connectivity index (χ2v) is 5.49. The number of methoxy groups -OCH3 is 1. The van der Waals surface area contributed by atoms with Crippen LogP contribution in [-0.2, 0) is 14.3 Å². The minimum Gasteiger partial charge on any atom is -0.481 e. The van der Waals surface area contributed by atoms with Crippen LogP contribution in [0, 0.1) is 5.41 Å². The lowest BCUT2D eigenvalue weighted by atomic mass is 9.85. The lowest BCUT2D eigenvalue weighted by Crippen LogP contribution is -2.45. The third-order valence-corrected chi connectivity index (χ3v) is 2.72. The molecule has 7 heteroatoms. The zero-order valence-corrected chi connectivity index (χ0v) is 12.8. The molecule has 120 valence electrons. The Morgan fingerprint density at radius 2 is 1.95 bits per heavy atom.